The van der Waals surface area contributed by atoms with Crippen molar-refractivity contribution in [2.45, 2.75) is 25.8 Å². The molecule has 0 unspecified atom stereocenters. The molecule has 0 spiro atoms. The second-order valence-corrected chi connectivity index (χ2v) is 8.79. The van der Waals surface area contributed by atoms with Gasteiger partial charge in [-0.1, -0.05) is 18.2 Å². The van der Waals surface area contributed by atoms with Crippen LogP contribution < -0.4 is 14.2 Å². The Kier molecular flexibility index (Phi) is 6.36. The van der Waals surface area contributed by atoms with Gasteiger partial charge in [0.05, 0.1) is 21.3 Å². The van der Waals surface area contributed by atoms with Crippen LogP contribution in [-0.4, -0.2) is 43.7 Å². The van der Waals surface area contributed by atoms with Crippen molar-refractivity contribution in [3.8, 4) is 28.5 Å². The number of benzene rings is 3. The zero-order valence-electron chi connectivity index (χ0n) is 20.4. The zero-order chi connectivity index (χ0) is 24.4. The summed E-state index contributed by atoms with van der Waals surface area (Å²) in [6, 6.07) is 20.3. The number of nitrogens with zero attached hydrogens (tertiary/aromatic N) is 1. The van der Waals surface area contributed by atoms with E-state index in [0.717, 1.165) is 45.6 Å². The fraction of sp³-hybridized carbons (Fsp3) is 0.276. The van der Waals surface area contributed by atoms with Gasteiger partial charge in [-0.05, 0) is 77.6 Å². The molecule has 5 rings (SSSR count). The minimum Gasteiger partial charge on any atom is -0.497 e. The molecule has 35 heavy (non-hydrogen) atoms. The summed E-state index contributed by atoms with van der Waals surface area (Å²) < 4.78 is 16.2. The molecule has 0 fully saturated rings. The van der Waals surface area contributed by atoms with Crippen LogP contribution in [0.4, 0.5) is 0 Å². The number of carbonyl (C=O) groups excluding carboxylic acids is 1. The first kappa shape index (κ1) is 22.8. The number of rotatable bonds is 7. The Morgan fingerprint density at radius 3 is 2.34 bits per heavy atom. The van der Waals surface area contributed by atoms with E-state index in [2.05, 4.69) is 29.2 Å². The summed E-state index contributed by atoms with van der Waals surface area (Å²) in [6.07, 6.45) is 1.93. The van der Waals surface area contributed by atoms with Gasteiger partial charge in [-0.15, -0.1) is 0 Å². The highest BCUT2D eigenvalue weighted by molar-refractivity contribution is 5.91. The molecule has 1 aliphatic rings. The highest BCUT2D eigenvalue weighted by Gasteiger charge is 2.23. The van der Waals surface area contributed by atoms with Crippen LogP contribution in [0.2, 0.25) is 0 Å². The number of ether oxygens (including phenoxy) is 3. The third-order valence-corrected chi connectivity index (χ3v) is 6.85. The lowest BCUT2D eigenvalue weighted by molar-refractivity contribution is -0.132. The number of aromatic nitrogens is 1. The normalized spacial score (nSPS) is 12.9. The van der Waals surface area contributed by atoms with Crippen LogP contribution in [0.25, 0.3) is 22.2 Å². The van der Waals surface area contributed by atoms with Gasteiger partial charge in [-0.3, -0.25) is 4.79 Å². The van der Waals surface area contributed by atoms with Crippen molar-refractivity contribution < 1.29 is 19.0 Å². The largest absolute Gasteiger partial charge is 0.497 e. The first-order valence-electron chi connectivity index (χ1n) is 11.9. The molecule has 4 aromatic rings. The maximum atomic E-state index is 13.3. The summed E-state index contributed by atoms with van der Waals surface area (Å²) in [6.45, 7) is 1.30. The molecule has 1 aliphatic heterocycles. The number of para-hydroxylation sites is 1. The van der Waals surface area contributed by atoms with E-state index in [4.69, 9.17) is 14.2 Å². The van der Waals surface area contributed by atoms with Gasteiger partial charge < -0.3 is 24.1 Å². The molecule has 0 atom stereocenters. The van der Waals surface area contributed by atoms with E-state index in [-0.39, 0.29) is 5.91 Å². The lowest BCUT2D eigenvalue weighted by atomic mass is 9.97. The van der Waals surface area contributed by atoms with Gasteiger partial charge in [-0.2, -0.15) is 0 Å². The molecule has 180 valence electrons. The number of methoxy groups -OCH3 is 3. The van der Waals surface area contributed by atoms with Crippen LogP contribution in [0.1, 0.15) is 23.1 Å². The Balaban J connectivity index is 1.36. The number of nitrogens with one attached hydrogen (secondary N) is 1. The van der Waals surface area contributed by atoms with Gasteiger partial charge in [-0.25, -0.2) is 0 Å². The molecular weight excluding hydrogens is 440 g/mol. The second-order valence-electron chi connectivity index (χ2n) is 8.79. The van der Waals surface area contributed by atoms with Crippen LogP contribution in [0.15, 0.2) is 60.7 Å². The van der Waals surface area contributed by atoms with E-state index in [0.29, 0.717) is 31.7 Å². The van der Waals surface area contributed by atoms with Gasteiger partial charge in [0.15, 0.2) is 11.5 Å². The number of aryl methyl sites for hydroxylation is 1. The van der Waals surface area contributed by atoms with E-state index in [1.165, 1.54) is 11.1 Å². The minimum absolute atomic E-state index is 0.163. The standard InChI is InChI=1S/C29H30N2O4/c1-33-22-10-8-19(9-11-22)29-24(23-6-4-5-7-25(23)30-29)12-13-28(32)31-15-14-20-16-26(34-2)27(35-3)17-21(20)18-31/h4-11,16-17,30H,12-15,18H2,1-3H3. The Bertz CT molecular complexity index is 1360. The highest BCUT2D eigenvalue weighted by atomic mass is 16.5. The van der Waals surface area contributed by atoms with E-state index < -0.39 is 0 Å². The molecular formula is C29H30N2O4. The molecule has 0 saturated carbocycles. The predicted molar refractivity (Wildman–Crippen MR) is 137 cm³/mol. The Morgan fingerprint density at radius 1 is 0.914 bits per heavy atom. The molecule has 3 aromatic carbocycles. The van der Waals surface area contributed by atoms with Crippen LogP contribution in [-0.2, 0) is 24.2 Å². The number of H-pyrrole nitrogens is 1. The fourth-order valence-corrected chi connectivity index (χ4v) is 4.95. The van der Waals surface area contributed by atoms with Crippen molar-refractivity contribution in [1.29, 1.82) is 0 Å². The summed E-state index contributed by atoms with van der Waals surface area (Å²) >= 11 is 0. The van der Waals surface area contributed by atoms with Gasteiger partial charge in [0.25, 0.3) is 0 Å². The van der Waals surface area contributed by atoms with E-state index in [1.807, 2.05) is 41.3 Å². The quantitative estimate of drug-likeness (QED) is 0.394. The highest BCUT2D eigenvalue weighted by Crippen LogP contribution is 2.35. The van der Waals surface area contributed by atoms with Gasteiger partial charge in [0.2, 0.25) is 5.91 Å². The first-order valence-corrected chi connectivity index (χ1v) is 11.9. The maximum absolute atomic E-state index is 13.3. The number of aromatic amines is 1. The van der Waals surface area contributed by atoms with Gasteiger partial charge in [0, 0.05) is 36.1 Å². The Morgan fingerprint density at radius 2 is 1.63 bits per heavy atom. The van der Waals surface area contributed by atoms with Crippen LogP contribution in [0, 0.1) is 0 Å². The topological polar surface area (TPSA) is 63.8 Å². The smallest absolute Gasteiger partial charge is 0.223 e. The number of hydrogen-bond acceptors (Lipinski definition) is 4. The van der Waals surface area contributed by atoms with Gasteiger partial charge in [0.1, 0.15) is 5.75 Å². The summed E-state index contributed by atoms with van der Waals surface area (Å²) in [5.74, 6) is 2.41. The third kappa shape index (κ3) is 4.44. The molecule has 0 radical (unpaired) electrons. The number of fused-ring (bicyclic) bond motifs is 2. The first-order chi connectivity index (χ1) is 17.1. The van der Waals surface area contributed by atoms with E-state index >= 15 is 0 Å². The molecule has 6 nitrogen and oxygen atoms in total. The predicted octanol–water partition coefficient (Wildman–Crippen LogP) is 5.38. The third-order valence-electron chi connectivity index (χ3n) is 6.85. The van der Waals surface area contributed by atoms with Crippen molar-refractivity contribution in [2.24, 2.45) is 0 Å². The maximum Gasteiger partial charge on any atom is 0.223 e. The SMILES string of the molecule is COc1ccc(-c2[nH]c3ccccc3c2CCC(=O)N2CCc3cc(OC)c(OC)cc3C2)cc1. The zero-order valence-corrected chi connectivity index (χ0v) is 20.4. The summed E-state index contributed by atoms with van der Waals surface area (Å²) in [7, 11) is 4.95. The molecule has 1 aromatic heterocycles. The monoisotopic (exact) mass is 470 g/mol. The Hall–Kier alpha value is -3.93. The molecule has 0 aliphatic carbocycles. The lowest BCUT2D eigenvalue weighted by Crippen LogP contribution is -2.36. The molecule has 0 saturated heterocycles. The Labute approximate surface area is 205 Å². The molecule has 0 bridgehead atoms. The molecule has 6 heteroatoms. The van der Waals surface area contributed by atoms with Crippen molar-refractivity contribution in [3.63, 3.8) is 0 Å². The van der Waals surface area contributed by atoms with E-state index in [1.54, 1.807) is 21.3 Å². The van der Waals surface area contributed by atoms with Crippen LogP contribution in [0.3, 0.4) is 0 Å². The molecule has 1 amide bonds. The average Bonchev–Trinajstić information content (AvgIpc) is 3.29. The minimum atomic E-state index is 0.163. The fourth-order valence-electron chi connectivity index (χ4n) is 4.95. The lowest BCUT2D eigenvalue weighted by Gasteiger charge is -2.29. The average molecular weight is 471 g/mol. The van der Waals surface area contributed by atoms with Crippen molar-refractivity contribution in [2.75, 3.05) is 27.9 Å². The number of hydrogen-bond donors (Lipinski definition) is 1. The number of amides is 1. The van der Waals surface area contributed by atoms with Gasteiger partial charge >= 0.3 is 0 Å². The summed E-state index contributed by atoms with van der Waals surface area (Å²) in [4.78, 5) is 18.8. The second kappa shape index (κ2) is 9.74. The number of carbonyl (C=O) groups is 1. The van der Waals surface area contributed by atoms with Crippen molar-refractivity contribution >= 4 is 16.8 Å². The summed E-state index contributed by atoms with van der Waals surface area (Å²) in [5, 5.41) is 1.16. The van der Waals surface area contributed by atoms with E-state index in [9.17, 15) is 4.79 Å². The van der Waals surface area contributed by atoms with Crippen LogP contribution >= 0.6 is 0 Å². The van der Waals surface area contributed by atoms with Crippen molar-refractivity contribution in [1.82, 2.24) is 9.88 Å². The molecule has 2 heterocycles. The molecule has 1 N–H and O–H groups in total. The van der Waals surface area contributed by atoms with Crippen LogP contribution in [0.5, 0.6) is 17.2 Å². The summed E-state index contributed by atoms with van der Waals surface area (Å²) in [5.41, 5.74) is 6.72. The van der Waals surface area contributed by atoms with Crippen molar-refractivity contribution in [3.05, 3.63) is 77.4 Å².